The van der Waals surface area contributed by atoms with Crippen LogP contribution in [0, 0.1) is 0 Å². The van der Waals surface area contributed by atoms with Crippen LogP contribution in [0.3, 0.4) is 0 Å². The Labute approximate surface area is 139 Å². The van der Waals surface area contributed by atoms with Crippen LogP contribution in [-0.2, 0) is 4.74 Å². The van der Waals surface area contributed by atoms with Crippen molar-refractivity contribution in [2.24, 2.45) is 0 Å². The molecule has 0 aromatic heterocycles. The Balaban J connectivity index is 0.00000225. The zero-order chi connectivity index (χ0) is 10.9. The van der Waals surface area contributed by atoms with Crippen LogP contribution in [0.5, 0.6) is 0 Å². The Hall–Kier alpha value is 0.286. The van der Waals surface area contributed by atoms with E-state index in [0.717, 1.165) is 19.3 Å². The van der Waals surface area contributed by atoms with E-state index in [2.05, 4.69) is 0 Å². The van der Waals surface area contributed by atoms with Gasteiger partial charge in [0.2, 0.25) is 0 Å². The fraction of sp³-hybridized carbons (Fsp3) is 0.417. The number of unbranched alkanes of at least 4 members (excludes halogenated alkanes) is 2. The van der Waals surface area contributed by atoms with Crippen LogP contribution in [0.25, 0.3) is 0 Å². The maximum atomic E-state index is 11.4. The second kappa shape index (κ2) is 10.4. The third kappa shape index (κ3) is 6.78. The van der Waals surface area contributed by atoms with Crippen molar-refractivity contribution in [2.75, 3.05) is 13.2 Å². The molecule has 3 nitrogen and oxygen atoms in total. The van der Waals surface area contributed by atoms with Crippen molar-refractivity contribution in [3.05, 3.63) is 35.9 Å². The van der Waals surface area contributed by atoms with Gasteiger partial charge < -0.3 is 9.84 Å². The molecule has 0 aliphatic carbocycles. The molecular weight excluding hydrogens is 231 g/mol. The summed E-state index contributed by atoms with van der Waals surface area (Å²) in [5.74, 6) is -0.278. The number of rotatable bonds is 6. The normalized spacial score (nSPS) is 9.31. The van der Waals surface area contributed by atoms with Crippen molar-refractivity contribution < 1.29 is 14.6 Å². The molecule has 16 heavy (non-hydrogen) atoms. The van der Waals surface area contributed by atoms with Gasteiger partial charge in [-0.3, -0.25) is 0 Å². The summed E-state index contributed by atoms with van der Waals surface area (Å²) in [5, 5.41) is 8.55. The van der Waals surface area contributed by atoms with Gasteiger partial charge in [-0.1, -0.05) is 18.2 Å². The van der Waals surface area contributed by atoms with E-state index in [1.54, 1.807) is 12.1 Å². The number of hydrogen-bond acceptors (Lipinski definition) is 3. The molecule has 0 saturated heterocycles. The summed E-state index contributed by atoms with van der Waals surface area (Å²) in [7, 11) is 0. The molecule has 0 aliphatic rings. The molecule has 0 heterocycles. The van der Waals surface area contributed by atoms with E-state index in [1.807, 2.05) is 18.2 Å². The zero-order valence-corrected chi connectivity index (χ0v) is 8.69. The molecule has 0 fully saturated rings. The summed E-state index contributed by atoms with van der Waals surface area (Å²) in [6, 6.07) is 8.94. The molecule has 0 radical (unpaired) electrons. The topological polar surface area (TPSA) is 46.5 Å². The van der Waals surface area contributed by atoms with Gasteiger partial charge in [-0.05, 0) is 31.4 Å². The van der Waals surface area contributed by atoms with Crippen molar-refractivity contribution in [3.8, 4) is 0 Å². The van der Waals surface area contributed by atoms with Crippen molar-refractivity contribution in [1.82, 2.24) is 0 Å². The molecule has 0 bridgehead atoms. The summed E-state index contributed by atoms with van der Waals surface area (Å²) in [6.07, 6.45) is 2.46. The molecule has 1 rings (SSSR count). The van der Waals surface area contributed by atoms with E-state index in [1.165, 1.54) is 0 Å². The van der Waals surface area contributed by atoms with E-state index in [0.29, 0.717) is 12.2 Å². The Morgan fingerprint density at radius 1 is 1.12 bits per heavy atom. The van der Waals surface area contributed by atoms with Gasteiger partial charge in [0, 0.05) is 6.61 Å². The number of hydrogen-bond donors (Lipinski definition) is 1. The molecule has 0 aliphatic heterocycles. The van der Waals surface area contributed by atoms with Gasteiger partial charge in [0.25, 0.3) is 0 Å². The Kier molecular flexibility index (Phi) is 10.6. The van der Waals surface area contributed by atoms with Gasteiger partial charge in [-0.2, -0.15) is 0 Å². The van der Waals surface area contributed by atoms with E-state index in [4.69, 9.17) is 9.84 Å². The number of esters is 1. The van der Waals surface area contributed by atoms with Gasteiger partial charge >= 0.3 is 57.4 Å². The van der Waals surface area contributed by atoms with Gasteiger partial charge in [0.1, 0.15) is 0 Å². The standard InChI is InChI=1S/C12H16O3.K.H/c13-9-5-2-6-10-15-12(14)11-7-3-1-4-8-11;;/h1,3-4,7-8,13H,2,5-6,9-10H2;;. The van der Waals surface area contributed by atoms with E-state index < -0.39 is 0 Å². The molecule has 84 valence electrons. The number of aliphatic hydroxyl groups excluding tert-OH is 1. The van der Waals surface area contributed by atoms with Gasteiger partial charge in [-0.25, -0.2) is 4.79 Å². The second-order valence-corrected chi connectivity index (χ2v) is 3.29. The monoisotopic (exact) mass is 248 g/mol. The molecule has 1 aromatic rings. The second-order valence-electron chi connectivity index (χ2n) is 3.29. The fourth-order valence-corrected chi connectivity index (χ4v) is 1.21. The Morgan fingerprint density at radius 3 is 2.44 bits per heavy atom. The van der Waals surface area contributed by atoms with Crippen LogP contribution >= 0.6 is 0 Å². The molecular formula is C12H17KO3. The molecule has 4 heteroatoms. The Morgan fingerprint density at radius 2 is 1.81 bits per heavy atom. The number of ether oxygens (including phenoxy) is 1. The SMILES string of the molecule is O=C(OCCCCCO)c1ccccc1.[KH]. The van der Waals surface area contributed by atoms with Gasteiger partial charge in [0.15, 0.2) is 0 Å². The van der Waals surface area contributed by atoms with Crippen molar-refractivity contribution in [2.45, 2.75) is 19.3 Å². The molecule has 1 N–H and O–H groups in total. The van der Waals surface area contributed by atoms with Crippen LogP contribution in [0.15, 0.2) is 30.3 Å². The van der Waals surface area contributed by atoms with E-state index in [9.17, 15) is 4.79 Å². The Bertz CT molecular complexity index is 288. The van der Waals surface area contributed by atoms with Crippen LogP contribution in [0.1, 0.15) is 29.6 Å². The predicted molar refractivity (Wildman–Crippen MR) is 64.8 cm³/mol. The van der Waals surface area contributed by atoms with Gasteiger partial charge in [0.05, 0.1) is 12.2 Å². The first kappa shape index (κ1) is 16.3. The zero-order valence-electron chi connectivity index (χ0n) is 8.69. The van der Waals surface area contributed by atoms with E-state index in [-0.39, 0.29) is 64.0 Å². The molecule has 0 saturated carbocycles. The molecule has 0 spiro atoms. The average Bonchev–Trinajstić information content (AvgIpc) is 2.30. The fourth-order valence-electron chi connectivity index (χ4n) is 1.21. The number of aliphatic hydroxyl groups is 1. The first-order valence-electron chi connectivity index (χ1n) is 5.17. The summed E-state index contributed by atoms with van der Waals surface area (Å²) in [4.78, 5) is 11.4. The molecule has 0 amide bonds. The molecule has 1 aromatic carbocycles. The predicted octanol–water partition coefficient (Wildman–Crippen LogP) is 1.36. The quantitative estimate of drug-likeness (QED) is 0.470. The van der Waals surface area contributed by atoms with E-state index >= 15 is 0 Å². The minimum absolute atomic E-state index is 0. The summed E-state index contributed by atoms with van der Waals surface area (Å²) in [5.41, 5.74) is 0.583. The summed E-state index contributed by atoms with van der Waals surface area (Å²) in [6.45, 7) is 0.625. The third-order valence-corrected chi connectivity index (χ3v) is 2.05. The summed E-state index contributed by atoms with van der Waals surface area (Å²) < 4.78 is 5.05. The van der Waals surface area contributed by atoms with Crippen molar-refractivity contribution in [1.29, 1.82) is 0 Å². The average molecular weight is 248 g/mol. The van der Waals surface area contributed by atoms with Crippen LogP contribution in [-0.4, -0.2) is 75.7 Å². The molecule has 0 unspecified atom stereocenters. The van der Waals surface area contributed by atoms with Crippen LogP contribution in [0.4, 0.5) is 0 Å². The number of carbonyl (C=O) groups excluding carboxylic acids is 1. The minimum atomic E-state index is -0.278. The maximum absolute atomic E-state index is 11.4. The third-order valence-electron chi connectivity index (χ3n) is 2.05. The van der Waals surface area contributed by atoms with Crippen LogP contribution < -0.4 is 0 Å². The van der Waals surface area contributed by atoms with Crippen LogP contribution in [0.2, 0.25) is 0 Å². The first-order chi connectivity index (χ1) is 7.34. The van der Waals surface area contributed by atoms with Crippen molar-refractivity contribution >= 4 is 57.4 Å². The summed E-state index contributed by atoms with van der Waals surface area (Å²) >= 11 is 0. The first-order valence-corrected chi connectivity index (χ1v) is 5.17. The van der Waals surface area contributed by atoms with Gasteiger partial charge in [-0.15, -0.1) is 0 Å². The number of carbonyl (C=O) groups is 1. The van der Waals surface area contributed by atoms with Crippen molar-refractivity contribution in [3.63, 3.8) is 0 Å². The molecule has 0 atom stereocenters. The number of benzene rings is 1.